The van der Waals surface area contributed by atoms with Gasteiger partial charge in [-0.05, 0) is 44.8 Å². The Labute approximate surface area is 113 Å². The number of phenolic OH excluding ortho intramolecular Hbond substituents is 1. The molecule has 2 unspecified atom stereocenters. The standard InChI is InChI=1S/C14H20N2O3/c1-15(2)8-11-7-13(18)9-16(11)14(19)10-3-5-12(17)6-4-10/h3-6,11,13,17-18H,7-9H2,1-2H3. The Morgan fingerprint density at radius 3 is 2.58 bits per heavy atom. The van der Waals surface area contributed by atoms with Gasteiger partial charge in [0.2, 0.25) is 0 Å². The maximum absolute atomic E-state index is 12.4. The van der Waals surface area contributed by atoms with Crippen LogP contribution in [0.2, 0.25) is 0 Å². The van der Waals surface area contributed by atoms with Crippen LogP contribution in [0.25, 0.3) is 0 Å². The van der Waals surface area contributed by atoms with Crippen LogP contribution in [0.15, 0.2) is 24.3 Å². The number of carbonyl (C=O) groups excluding carboxylic acids is 1. The zero-order valence-corrected chi connectivity index (χ0v) is 11.3. The molecule has 5 nitrogen and oxygen atoms in total. The minimum absolute atomic E-state index is 0.0336. The zero-order valence-electron chi connectivity index (χ0n) is 11.3. The molecule has 0 radical (unpaired) electrons. The van der Waals surface area contributed by atoms with E-state index in [1.54, 1.807) is 17.0 Å². The fourth-order valence-corrected chi connectivity index (χ4v) is 2.51. The van der Waals surface area contributed by atoms with Gasteiger partial charge in [-0.3, -0.25) is 4.79 Å². The first-order valence-corrected chi connectivity index (χ1v) is 6.40. The van der Waals surface area contributed by atoms with Crippen molar-refractivity contribution in [3.05, 3.63) is 29.8 Å². The fraction of sp³-hybridized carbons (Fsp3) is 0.500. The van der Waals surface area contributed by atoms with E-state index in [0.29, 0.717) is 18.5 Å². The van der Waals surface area contributed by atoms with Gasteiger partial charge in [-0.1, -0.05) is 0 Å². The maximum Gasteiger partial charge on any atom is 0.254 e. The summed E-state index contributed by atoms with van der Waals surface area (Å²) in [5.74, 6) is 0.0475. The Hall–Kier alpha value is -1.59. The van der Waals surface area contributed by atoms with E-state index in [9.17, 15) is 15.0 Å². The molecule has 1 amide bonds. The maximum atomic E-state index is 12.4. The summed E-state index contributed by atoms with van der Waals surface area (Å²) >= 11 is 0. The lowest BCUT2D eigenvalue weighted by molar-refractivity contribution is 0.0699. The van der Waals surface area contributed by atoms with Crippen LogP contribution in [-0.4, -0.2) is 65.3 Å². The first-order chi connectivity index (χ1) is 8.97. The molecule has 1 saturated heterocycles. The van der Waals surface area contributed by atoms with Gasteiger partial charge in [0, 0.05) is 24.7 Å². The van der Waals surface area contributed by atoms with Crippen LogP contribution in [0.3, 0.4) is 0 Å². The first-order valence-electron chi connectivity index (χ1n) is 6.40. The van der Waals surface area contributed by atoms with Crippen molar-refractivity contribution >= 4 is 5.91 Å². The average Bonchev–Trinajstić information content (AvgIpc) is 2.69. The van der Waals surface area contributed by atoms with Gasteiger partial charge in [-0.15, -0.1) is 0 Å². The van der Waals surface area contributed by atoms with E-state index >= 15 is 0 Å². The zero-order chi connectivity index (χ0) is 14.0. The van der Waals surface area contributed by atoms with E-state index in [1.165, 1.54) is 12.1 Å². The molecule has 19 heavy (non-hydrogen) atoms. The highest BCUT2D eigenvalue weighted by Crippen LogP contribution is 2.22. The smallest absolute Gasteiger partial charge is 0.254 e. The molecule has 0 spiro atoms. The lowest BCUT2D eigenvalue weighted by Gasteiger charge is -2.26. The molecule has 1 aromatic carbocycles. The number of rotatable bonds is 3. The van der Waals surface area contributed by atoms with Crippen LogP contribution in [-0.2, 0) is 0 Å². The van der Waals surface area contributed by atoms with E-state index in [1.807, 2.05) is 19.0 Å². The molecule has 1 heterocycles. The highest BCUT2D eigenvalue weighted by atomic mass is 16.3. The largest absolute Gasteiger partial charge is 0.508 e. The van der Waals surface area contributed by atoms with Gasteiger partial charge in [0.15, 0.2) is 0 Å². The van der Waals surface area contributed by atoms with Crippen molar-refractivity contribution in [3.63, 3.8) is 0 Å². The molecule has 104 valence electrons. The number of phenols is 1. The first kappa shape index (κ1) is 13.8. The molecule has 0 saturated carbocycles. The SMILES string of the molecule is CN(C)CC1CC(O)CN1C(=O)c1ccc(O)cc1. The Kier molecular flexibility index (Phi) is 4.07. The quantitative estimate of drug-likeness (QED) is 0.836. The number of aliphatic hydroxyl groups excluding tert-OH is 1. The summed E-state index contributed by atoms with van der Waals surface area (Å²) in [4.78, 5) is 16.1. The number of likely N-dealkylation sites (N-methyl/N-ethyl adjacent to an activating group) is 1. The van der Waals surface area contributed by atoms with Crippen LogP contribution in [0.5, 0.6) is 5.75 Å². The van der Waals surface area contributed by atoms with Crippen LogP contribution in [0.4, 0.5) is 0 Å². The normalized spacial score (nSPS) is 23.1. The number of aliphatic hydroxyl groups is 1. The molecule has 2 atom stereocenters. The summed E-state index contributed by atoms with van der Waals surface area (Å²) in [6.07, 6.45) is 0.160. The van der Waals surface area contributed by atoms with Crippen molar-refractivity contribution in [1.29, 1.82) is 0 Å². The Bertz CT molecular complexity index is 445. The van der Waals surface area contributed by atoms with Gasteiger partial charge in [0.25, 0.3) is 5.91 Å². The summed E-state index contributed by atoms with van der Waals surface area (Å²) in [6.45, 7) is 1.11. The molecule has 0 aromatic heterocycles. The van der Waals surface area contributed by atoms with Gasteiger partial charge >= 0.3 is 0 Å². The highest BCUT2D eigenvalue weighted by Gasteiger charge is 2.34. The molecule has 0 aliphatic carbocycles. The predicted molar refractivity (Wildman–Crippen MR) is 72.1 cm³/mol. The molecule has 5 heteroatoms. The van der Waals surface area contributed by atoms with Gasteiger partial charge in [0.1, 0.15) is 5.75 Å². The summed E-state index contributed by atoms with van der Waals surface area (Å²) < 4.78 is 0. The van der Waals surface area contributed by atoms with Gasteiger partial charge < -0.3 is 20.0 Å². The molecule has 0 bridgehead atoms. The molecule has 1 aliphatic heterocycles. The number of hydrogen-bond donors (Lipinski definition) is 2. The second kappa shape index (κ2) is 5.59. The summed E-state index contributed by atoms with van der Waals surface area (Å²) in [5.41, 5.74) is 0.538. The number of hydrogen-bond acceptors (Lipinski definition) is 4. The molecular weight excluding hydrogens is 244 g/mol. The van der Waals surface area contributed by atoms with E-state index in [0.717, 1.165) is 6.54 Å². The number of aromatic hydroxyl groups is 1. The van der Waals surface area contributed by atoms with E-state index in [-0.39, 0.29) is 17.7 Å². The molecule has 2 N–H and O–H groups in total. The van der Waals surface area contributed by atoms with Gasteiger partial charge in [-0.2, -0.15) is 0 Å². The van der Waals surface area contributed by atoms with E-state index in [2.05, 4.69) is 0 Å². The number of amides is 1. The van der Waals surface area contributed by atoms with Crippen LogP contribution >= 0.6 is 0 Å². The van der Waals surface area contributed by atoms with E-state index < -0.39 is 6.10 Å². The van der Waals surface area contributed by atoms with Crippen molar-refractivity contribution in [3.8, 4) is 5.75 Å². The van der Waals surface area contributed by atoms with Crippen LogP contribution < -0.4 is 0 Å². The monoisotopic (exact) mass is 264 g/mol. The van der Waals surface area contributed by atoms with Gasteiger partial charge in [0.05, 0.1) is 6.10 Å². The lowest BCUT2D eigenvalue weighted by Crippen LogP contribution is -2.41. The number of likely N-dealkylation sites (tertiary alicyclic amines) is 1. The Morgan fingerprint density at radius 1 is 1.37 bits per heavy atom. The van der Waals surface area contributed by atoms with Crippen molar-refractivity contribution in [2.45, 2.75) is 18.6 Å². The van der Waals surface area contributed by atoms with Crippen LogP contribution in [0.1, 0.15) is 16.8 Å². The minimum atomic E-state index is -0.453. The Morgan fingerprint density at radius 2 is 2.00 bits per heavy atom. The second-order valence-corrected chi connectivity index (χ2v) is 5.31. The highest BCUT2D eigenvalue weighted by molar-refractivity contribution is 5.94. The number of nitrogens with zero attached hydrogens (tertiary/aromatic N) is 2. The third-order valence-corrected chi connectivity index (χ3v) is 3.34. The average molecular weight is 264 g/mol. The lowest BCUT2D eigenvalue weighted by atomic mass is 10.1. The topological polar surface area (TPSA) is 64.0 Å². The summed E-state index contributed by atoms with van der Waals surface area (Å²) in [6, 6.07) is 6.25. The number of carbonyl (C=O) groups is 1. The molecule has 2 rings (SSSR count). The minimum Gasteiger partial charge on any atom is -0.508 e. The summed E-state index contributed by atoms with van der Waals surface area (Å²) in [7, 11) is 3.90. The Balaban J connectivity index is 2.14. The third kappa shape index (κ3) is 3.24. The van der Waals surface area contributed by atoms with E-state index in [4.69, 9.17) is 0 Å². The third-order valence-electron chi connectivity index (χ3n) is 3.34. The number of β-amino-alcohol motifs (C(OH)–C–C–N with tert-alkyl or cyclic N) is 1. The van der Waals surface area contributed by atoms with Crippen molar-refractivity contribution in [2.24, 2.45) is 0 Å². The molecular formula is C14H20N2O3. The second-order valence-electron chi connectivity index (χ2n) is 5.31. The molecule has 1 aromatic rings. The van der Waals surface area contributed by atoms with Crippen molar-refractivity contribution in [2.75, 3.05) is 27.2 Å². The summed E-state index contributed by atoms with van der Waals surface area (Å²) in [5, 5.41) is 19.0. The van der Waals surface area contributed by atoms with Crippen molar-refractivity contribution in [1.82, 2.24) is 9.80 Å². The van der Waals surface area contributed by atoms with Crippen LogP contribution in [0, 0.1) is 0 Å². The number of benzene rings is 1. The predicted octanol–water partition coefficient (Wildman–Crippen LogP) is 0.529. The fourth-order valence-electron chi connectivity index (χ4n) is 2.51. The molecule has 1 aliphatic rings. The van der Waals surface area contributed by atoms with Crippen molar-refractivity contribution < 1.29 is 15.0 Å². The molecule has 1 fully saturated rings. The van der Waals surface area contributed by atoms with Gasteiger partial charge in [-0.25, -0.2) is 0 Å².